The molecular weight excluding hydrogens is 352 g/mol. The van der Waals surface area contributed by atoms with Crippen LogP contribution in [0.2, 0.25) is 0 Å². The largest absolute Gasteiger partial charge is 0.481 e. The van der Waals surface area contributed by atoms with Gasteiger partial charge in [-0.25, -0.2) is 4.98 Å². The van der Waals surface area contributed by atoms with E-state index in [1.54, 1.807) is 19.2 Å². The lowest BCUT2D eigenvalue weighted by molar-refractivity contribution is -0.142. The minimum absolute atomic E-state index is 0.565. The second-order valence-corrected chi connectivity index (χ2v) is 7.28. The number of nitrogens with zero attached hydrogens (tertiary/aromatic N) is 1. The summed E-state index contributed by atoms with van der Waals surface area (Å²) in [6, 6.07) is 4.07. The average Bonchev–Trinajstić information content (AvgIpc) is 2.82. The molecule has 0 aliphatic heterocycles. The van der Waals surface area contributed by atoms with Gasteiger partial charge in [-0.15, -0.1) is 11.3 Å². The Morgan fingerprint density at radius 3 is 2.43 bits per heavy atom. The van der Waals surface area contributed by atoms with Crippen molar-refractivity contribution in [2.75, 3.05) is 5.32 Å². The Hall–Kier alpha value is -1.40. The number of aryl methyl sites for hydroxylation is 2. The molecule has 0 fully saturated rings. The van der Waals surface area contributed by atoms with Crippen LogP contribution in [0, 0.1) is 13.8 Å². The van der Waals surface area contributed by atoms with Gasteiger partial charge in [-0.3, -0.25) is 4.79 Å². The number of rotatable bonds is 4. The van der Waals surface area contributed by atoms with E-state index in [1.165, 1.54) is 11.3 Å². The third-order valence-electron chi connectivity index (χ3n) is 3.41. The Balaban J connectivity index is 2.31. The maximum Gasteiger partial charge on any atom is 0.315 e. The summed E-state index contributed by atoms with van der Waals surface area (Å²) in [6.45, 7) is 7.36. The third kappa shape index (κ3) is 3.27. The molecule has 2 N–H and O–H groups in total. The average molecular weight is 369 g/mol. The van der Waals surface area contributed by atoms with Crippen molar-refractivity contribution >= 4 is 44.1 Å². The van der Waals surface area contributed by atoms with Crippen LogP contribution in [0.15, 0.2) is 22.0 Å². The molecule has 1 heterocycles. The van der Waals surface area contributed by atoms with Gasteiger partial charge in [0, 0.05) is 15.5 Å². The van der Waals surface area contributed by atoms with Crippen LogP contribution in [0.1, 0.15) is 30.7 Å². The monoisotopic (exact) mass is 368 g/mol. The van der Waals surface area contributed by atoms with E-state index in [0.717, 1.165) is 21.3 Å². The van der Waals surface area contributed by atoms with Gasteiger partial charge in [0.25, 0.3) is 0 Å². The van der Waals surface area contributed by atoms with Crippen molar-refractivity contribution in [1.29, 1.82) is 0 Å². The van der Waals surface area contributed by atoms with E-state index in [0.29, 0.717) is 10.8 Å². The van der Waals surface area contributed by atoms with Crippen LogP contribution < -0.4 is 5.32 Å². The highest BCUT2D eigenvalue weighted by Crippen LogP contribution is 2.32. The molecule has 0 bridgehead atoms. The van der Waals surface area contributed by atoms with Crippen LogP contribution in [-0.2, 0) is 10.2 Å². The van der Waals surface area contributed by atoms with Crippen LogP contribution >= 0.6 is 27.3 Å². The molecule has 21 heavy (non-hydrogen) atoms. The van der Waals surface area contributed by atoms with E-state index in [-0.39, 0.29) is 0 Å². The highest BCUT2D eigenvalue weighted by Gasteiger charge is 2.32. The Morgan fingerprint density at radius 1 is 1.33 bits per heavy atom. The molecule has 2 aromatic rings. The van der Waals surface area contributed by atoms with Crippen LogP contribution in [0.5, 0.6) is 0 Å². The van der Waals surface area contributed by atoms with Crippen molar-refractivity contribution in [2.24, 2.45) is 0 Å². The van der Waals surface area contributed by atoms with Gasteiger partial charge in [-0.2, -0.15) is 0 Å². The number of hydrogen-bond acceptors (Lipinski definition) is 4. The van der Waals surface area contributed by atoms with Crippen molar-refractivity contribution in [1.82, 2.24) is 4.98 Å². The minimum Gasteiger partial charge on any atom is -0.481 e. The number of thiazole rings is 1. The first-order chi connectivity index (χ1) is 9.71. The molecule has 6 heteroatoms. The number of carbonyl (C=O) groups is 1. The lowest BCUT2D eigenvalue weighted by Crippen LogP contribution is -2.28. The summed E-state index contributed by atoms with van der Waals surface area (Å²) >= 11 is 4.89. The van der Waals surface area contributed by atoms with Gasteiger partial charge in [0.1, 0.15) is 5.41 Å². The molecule has 0 aliphatic carbocycles. The molecule has 0 atom stereocenters. The van der Waals surface area contributed by atoms with Crippen LogP contribution in [0.25, 0.3) is 0 Å². The minimum atomic E-state index is -0.986. The molecule has 0 radical (unpaired) electrons. The smallest absolute Gasteiger partial charge is 0.315 e. The zero-order valence-corrected chi connectivity index (χ0v) is 14.7. The fourth-order valence-electron chi connectivity index (χ4n) is 1.94. The molecule has 0 aliphatic rings. The Labute approximate surface area is 136 Å². The molecule has 1 aromatic carbocycles. The predicted octanol–water partition coefficient (Wildman–Crippen LogP) is 4.63. The van der Waals surface area contributed by atoms with Gasteiger partial charge >= 0.3 is 5.97 Å². The molecule has 1 aromatic heterocycles. The number of carboxylic acid groups (broad SMARTS) is 1. The van der Waals surface area contributed by atoms with Crippen molar-refractivity contribution < 1.29 is 9.90 Å². The molecule has 0 unspecified atom stereocenters. The van der Waals surface area contributed by atoms with Crippen molar-refractivity contribution in [3.8, 4) is 0 Å². The normalized spacial score (nSPS) is 11.5. The topological polar surface area (TPSA) is 62.2 Å². The van der Waals surface area contributed by atoms with E-state index in [2.05, 4.69) is 26.2 Å². The zero-order valence-electron chi connectivity index (χ0n) is 12.3. The lowest BCUT2D eigenvalue weighted by atomic mass is 9.90. The standard InChI is InChI=1S/C15H17BrN2O2S/c1-8-5-10(16)6-9(2)12(8)18-14-17-11(7-21-14)15(3,4)13(19)20/h5-7H,1-4H3,(H,17,18)(H,19,20). The number of benzene rings is 1. The number of carboxylic acids is 1. The first-order valence-electron chi connectivity index (χ1n) is 6.45. The highest BCUT2D eigenvalue weighted by molar-refractivity contribution is 9.10. The number of halogens is 1. The van der Waals surface area contributed by atoms with E-state index < -0.39 is 11.4 Å². The van der Waals surface area contributed by atoms with Gasteiger partial charge in [0.05, 0.1) is 5.69 Å². The Bertz CT molecular complexity index is 672. The van der Waals surface area contributed by atoms with E-state index in [4.69, 9.17) is 0 Å². The molecule has 2 rings (SSSR count). The number of nitrogens with one attached hydrogen (secondary N) is 1. The number of aliphatic carboxylic acids is 1. The summed E-state index contributed by atoms with van der Waals surface area (Å²) in [5, 5.41) is 15.0. The maximum absolute atomic E-state index is 11.3. The quantitative estimate of drug-likeness (QED) is 0.825. The van der Waals surface area contributed by atoms with Gasteiger partial charge in [0.15, 0.2) is 5.13 Å². The SMILES string of the molecule is Cc1cc(Br)cc(C)c1Nc1nc(C(C)(C)C(=O)O)cs1. The summed E-state index contributed by atoms with van der Waals surface area (Å²) < 4.78 is 1.04. The zero-order chi connectivity index (χ0) is 15.8. The number of hydrogen-bond donors (Lipinski definition) is 2. The van der Waals surface area contributed by atoms with Crippen LogP contribution in [0.3, 0.4) is 0 Å². The fourth-order valence-corrected chi connectivity index (χ4v) is 3.51. The first kappa shape index (κ1) is 16.0. The summed E-state index contributed by atoms with van der Waals surface area (Å²) in [5.41, 5.74) is 2.80. The second-order valence-electron chi connectivity index (χ2n) is 5.51. The number of anilines is 2. The Morgan fingerprint density at radius 2 is 1.90 bits per heavy atom. The summed E-state index contributed by atoms with van der Waals surface area (Å²) in [6.07, 6.45) is 0. The molecular formula is C15H17BrN2O2S. The van der Waals surface area contributed by atoms with Gasteiger partial charge in [-0.05, 0) is 51.0 Å². The van der Waals surface area contributed by atoms with Crippen molar-refractivity contribution in [3.63, 3.8) is 0 Å². The summed E-state index contributed by atoms with van der Waals surface area (Å²) in [4.78, 5) is 15.7. The maximum atomic E-state index is 11.3. The fraction of sp³-hybridized carbons (Fsp3) is 0.333. The summed E-state index contributed by atoms with van der Waals surface area (Å²) in [5.74, 6) is -0.879. The van der Waals surface area contributed by atoms with Crippen LogP contribution in [-0.4, -0.2) is 16.1 Å². The van der Waals surface area contributed by atoms with E-state index in [9.17, 15) is 9.90 Å². The lowest BCUT2D eigenvalue weighted by Gasteiger charge is -2.16. The van der Waals surface area contributed by atoms with Crippen LogP contribution in [0.4, 0.5) is 10.8 Å². The first-order valence-corrected chi connectivity index (χ1v) is 8.12. The van der Waals surface area contributed by atoms with Gasteiger partial charge in [0.2, 0.25) is 0 Å². The second kappa shape index (κ2) is 5.77. The predicted molar refractivity (Wildman–Crippen MR) is 89.7 cm³/mol. The van der Waals surface area contributed by atoms with Crippen molar-refractivity contribution in [2.45, 2.75) is 33.1 Å². The van der Waals surface area contributed by atoms with Gasteiger partial charge < -0.3 is 10.4 Å². The molecule has 0 amide bonds. The molecule has 4 nitrogen and oxygen atoms in total. The van der Waals surface area contributed by atoms with Gasteiger partial charge in [-0.1, -0.05) is 15.9 Å². The van der Waals surface area contributed by atoms with E-state index >= 15 is 0 Å². The van der Waals surface area contributed by atoms with E-state index in [1.807, 2.05) is 26.0 Å². The molecule has 0 spiro atoms. The summed E-state index contributed by atoms with van der Waals surface area (Å²) in [7, 11) is 0. The molecule has 0 saturated heterocycles. The molecule has 0 saturated carbocycles. The molecule has 112 valence electrons. The Kier molecular flexibility index (Phi) is 4.39. The number of aromatic nitrogens is 1. The van der Waals surface area contributed by atoms with Crippen molar-refractivity contribution in [3.05, 3.63) is 38.8 Å². The highest BCUT2D eigenvalue weighted by atomic mass is 79.9. The third-order valence-corrected chi connectivity index (χ3v) is 4.62.